The van der Waals surface area contributed by atoms with E-state index in [1.54, 1.807) is 0 Å². The summed E-state index contributed by atoms with van der Waals surface area (Å²) in [6, 6.07) is -0.0328. The molecule has 0 aromatic rings. The molecule has 0 aromatic carbocycles. The number of likely N-dealkylation sites (N-methyl/N-ethyl adjacent to an activating group) is 1. The zero-order chi connectivity index (χ0) is 11.0. The standard InChI is InChI=1S/C10H15NO4/c1-11-6-3-8(12)9(10(13)14-2)7(11)5-15-4-6/h6-7,9H,3-5H2,1-2H3/t6-,7-,9-/m1/s1. The second kappa shape index (κ2) is 3.90. The fraction of sp³-hybridized carbons (Fsp3) is 0.800. The SMILES string of the molecule is COC(=O)[C@H]1C(=O)C[C@@H]2COC[C@H]1N2C. The van der Waals surface area contributed by atoms with Crippen LogP contribution >= 0.6 is 0 Å². The highest BCUT2D eigenvalue weighted by molar-refractivity contribution is 6.00. The van der Waals surface area contributed by atoms with Gasteiger partial charge in [0.25, 0.3) is 0 Å². The minimum absolute atomic E-state index is 0.0155. The van der Waals surface area contributed by atoms with Gasteiger partial charge in [-0.15, -0.1) is 0 Å². The summed E-state index contributed by atoms with van der Waals surface area (Å²) < 4.78 is 10.0. The van der Waals surface area contributed by atoms with Crippen LogP contribution in [0.5, 0.6) is 0 Å². The van der Waals surface area contributed by atoms with Crippen molar-refractivity contribution in [2.45, 2.75) is 18.5 Å². The molecule has 0 unspecified atom stereocenters. The minimum atomic E-state index is -0.670. The van der Waals surface area contributed by atoms with Crippen LogP contribution in [0.3, 0.4) is 0 Å². The van der Waals surface area contributed by atoms with Gasteiger partial charge in [-0.05, 0) is 7.05 Å². The van der Waals surface area contributed by atoms with E-state index in [9.17, 15) is 9.59 Å². The number of piperidine rings is 1. The lowest BCUT2D eigenvalue weighted by atomic mass is 9.84. The van der Waals surface area contributed by atoms with E-state index in [0.717, 1.165) is 0 Å². The van der Waals surface area contributed by atoms with Crippen molar-refractivity contribution in [2.75, 3.05) is 27.4 Å². The van der Waals surface area contributed by atoms with Crippen LogP contribution in [0, 0.1) is 5.92 Å². The van der Waals surface area contributed by atoms with Crippen molar-refractivity contribution < 1.29 is 19.1 Å². The van der Waals surface area contributed by atoms with Crippen LogP contribution in [0.15, 0.2) is 0 Å². The number of hydrogen-bond acceptors (Lipinski definition) is 5. The van der Waals surface area contributed by atoms with E-state index in [1.165, 1.54) is 7.11 Å². The zero-order valence-electron chi connectivity index (χ0n) is 8.93. The monoisotopic (exact) mass is 213 g/mol. The van der Waals surface area contributed by atoms with Gasteiger partial charge in [-0.3, -0.25) is 14.5 Å². The van der Waals surface area contributed by atoms with Crippen LogP contribution in [0.1, 0.15) is 6.42 Å². The molecule has 84 valence electrons. The normalized spacial score (nSPS) is 36.4. The third kappa shape index (κ3) is 1.66. The van der Waals surface area contributed by atoms with Gasteiger partial charge >= 0.3 is 5.97 Å². The van der Waals surface area contributed by atoms with Gasteiger partial charge in [0.15, 0.2) is 0 Å². The number of hydrogen-bond donors (Lipinski definition) is 0. The Morgan fingerprint density at radius 3 is 2.93 bits per heavy atom. The van der Waals surface area contributed by atoms with Crippen molar-refractivity contribution in [3.05, 3.63) is 0 Å². The lowest BCUT2D eigenvalue weighted by Gasteiger charge is -2.45. The van der Waals surface area contributed by atoms with E-state index in [2.05, 4.69) is 9.64 Å². The van der Waals surface area contributed by atoms with Gasteiger partial charge in [0.1, 0.15) is 11.7 Å². The number of morpholine rings is 1. The Bertz CT molecular complexity index is 291. The summed E-state index contributed by atoms with van der Waals surface area (Å²) in [4.78, 5) is 25.3. The predicted octanol–water partition coefficient (Wildman–Crippen LogP) is -0.552. The van der Waals surface area contributed by atoms with E-state index in [0.29, 0.717) is 19.6 Å². The molecule has 3 atom stereocenters. The van der Waals surface area contributed by atoms with Crippen LogP contribution in [0.2, 0.25) is 0 Å². The molecule has 5 heteroatoms. The smallest absolute Gasteiger partial charge is 0.317 e. The van der Waals surface area contributed by atoms with E-state index < -0.39 is 11.9 Å². The van der Waals surface area contributed by atoms with Gasteiger partial charge in [0, 0.05) is 12.5 Å². The Hall–Kier alpha value is -0.940. The molecule has 0 aromatic heterocycles. The number of fused-ring (bicyclic) bond motifs is 2. The predicted molar refractivity (Wildman–Crippen MR) is 51.3 cm³/mol. The summed E-state index contributed by atoms with van der Waals surface area (Å²) >= 11 is 0. The number of Topliss-reactive ketones (excluding diaryl/α,β-unsaturated/α-hetero) is 1. The molecular formula is C10H15NO4. The molecule has 2 rings (SSSR count). The molecular weight excluding hydrogens is 198 g/mol. The average molecular weight is 213 g/mol. The summed E-state index contributed by atoms with van der Waals surface area (Å²) in [6.45, 7) is 1.01. The van der Waals surface area contributed by atoms with Gasteiger partial charge in [0.2, 0.25) is 0 Å². The molecule has 2 bridgehead atoms. The Labute approximate surface area is 88.3 Å². The molecule has 0 N–H and O–H groups in total. The van der Waals surface area contributed by atoms with Gasteiger partial charge in [-0.1, -0.05) is 0 Å². The van der Waals surface area contributed by atoms with Crippen molar-refractivity contribution in [3.63, 3.8) is 0 Å². The number of esters is 1. The van der Waals surface area contributed by atoms with E-state index in [4.69, 9.17) is 4.74 Å². The third-order valence-corrected chi connectivity index (χ3v) is 3.32. The third-order valence-electron chi connectivity index (χ3n) is 3.32. The first kappa shape index (κ1) is 10.6. The topological polar surface area (TPSA) is 55.8 Å². The number of methoxy groups -OCH3 is 1. The first-order valence-electron chi connectivity index (χ1n) is 5.05. The second-order valence-corrected chi connectivity index (χ2v) is 4.10. The Morgan fingerprint density at radius 2 is 2.27 bits per heavy atom. The van der Waals surface area contributed by atoms with E-state index in [1.807, 2.05) is 7.05 Å². The maximum Gasteiger partial charge on any atom is 0.317 e. The number of nitrogens with zero attached hydrogens (tertiary/aromatic N) is 1. The number of carbonyl (C=O) groups excluding carboxylic acids is 2. The molecule has 2 aliphatic rings. The van der Waals surface area contributed by atoms with Crippen molar-refractivity contribution in [2.24, 2.45) is 5.92 Å². The van der Waals surface area contributed by atoms with Crippen LogP contribution in [-0.2, 0) is 19.1 Å². The average Bonchev–Trinajstić information content (AvgIpc) is 2.20. The Balaban J connectivity index is 2.22. The quantitative estimate of drug-likeness (QED) is 0.432. The summed E-state index contributed by atoms with van der Waals surface area (Å²) in [5.41, 5.74) is 0. The van der Waals surface area contributed by atoms with Crippen molar-refractivity contribution >= 4 is 11.8 Å². The maximum absolute atomic E-state index is 11.8. The molecule has 0 amide bonds. The van der Waals surface area contributed by atoms with Crippen LogP contribution in [0.4, 0.5) is 0 Å². The maximum atomic E-state index is 11.8. The Kier molecular flexibility index (Phi) is 2.75. The van der Waals surface area contributed by atoms with Crippen LogP contribution in [0.25, 0.3) is 0 Å². The zero-order valence-corrected chi connectivity index (χ0v) is 8.93. The number of ketones is 1. The summed E-state index contributed by atoms with van der Waals surface area (Å²) in [6.07, 6.45) is 0.382. The van der Waals surface area contributed by atoms with Crippen LogP contribution < -0.4 is 0 Å². The molecule has 0 aliphatic carbocycles. The molecule has 5 nitrogen and oxygen atoms in total. The lowest BCUT2D eigenvalue weighted by Crippen LogP contribution is -2.61. The highest BCUT2D eigenvalue weighted by Crippen LogP contribution is 2.28. The molecule has 0 radical (unpaired) electrons. The summed E-state index contributed by atoms with van der Waals surface area (Å²) in [5.74, 6) is -1.13. The fourth-order valence-electron chi connectivity index (χ4n) is 2.35. The molecule has 2 heterocycles. The number of carbonyl (C=O) groups is 2. The first-order valence-corrected chi connectivity index (χ1v) is 5.05. The van der Waals surface area contributed by atoms with Crippen LogP contribution in [-0.4, -0.2) is 56.1 Å². The van der Waals surface area contributed by atoms with Gasteiger partial charge in [0.05, 0.1) is 26.4 Å². The summed E-state index contributed by atoms with van der Waals surface area (Å²) in [7, 11) is 3.24. The number of ether oxygens (including phenoxy) is 2. The van der Waals surface area contributed by atoms with Crippen molar-refractivity contribution in [3.8, 4) is 0 Å². The second-order valence-electron chi connectivity index (χ2n) is 4.10. The van der Waals surface area contributed by atoms with Crippen molar-refractivity contribution in [1.29, 1.82) is 0 Å². The first-order chi connectivity index (χ1) is 7.15. The van der Waals surface area contributed by atoms with Gasteiger partial charge in [-0.2, -0.15) is 0 Å². The highest BCUT2D eigenvalue weighted by atomic mass is 16.5. The molecule has 15 heavy (non-hydrogen) atoms. The van der Waals surface area contributed by atoms with Crippen molar-refractivity contribution in [1.82, 2.24) is 4.90 Å². The molecule has 0 spiro atoms. The highest BCUT2D eigenvalue weighted by Gasteiger charge is 2.47. The van der Waals surface area contributed by atoms with Gasteiger partial charge < -0.3 is 9.47 Å². The molecule has 2 aliphatic heterocycles. The Morgan fingerprint density at radius 1 is 1.53 bits per heavy atom. The van der Waals surface area contributed by atoms with E-state index >= 15 is 0 Å². The molecule has 0 saturated carbocycles. The largest absolute Gasteiger partial charge is 0.468 e. The number of rotatable bonds is 1. The molecule has 2 fully saturated rings. The lowest BCUT2D eigenvalue weighted by molar-refractivity contribution is -0.164. The van der Waals surface area contributed by atoms with E-state index in [-0.39, 0.29) is 17.9 Å². The molecule has 2 saturated heterocycles. The summed E-state index contributed by atoms with van der Waals surface area (Å²) in [5, 5.41) is 0. The van der Waals surface area contributed by atoms with Gasteiger partial charge in [-0.25, -0.2) is 0 Å². The fourth-order valence-corrected chi connectivity index (χ4v) is 2.35. The minimum Gasteiger partial charge on any atom is -0.468 e.